The summed E-state index contributed by atoms with van der Waals surface area (Å²) < 4.78 is 15.0. The molecule has 0 aliphatic carbocycles. The fourth-order valence-corrected chi connectivity index (χ4v) is 4.67. The molecule has 0 fully saturated rings. The van der Waals surface area contributed by atoms with Gasteiger partial charge in [-0.15, -0.1) is 10.2 Å². The number of aromatic nitrogens is 4. The quantitative estimate of drug-likeness (QED) is 0.224. The monoisotopic (exact) mass is 458 g/mol. The highest BCUT2D eigenvalue weighted by molar-refractivity contribution is 7.99. The first-order chi connectivity index (χ1) is 16.1. The lowest BCUT2D eigenvalue weighted by atomic mass is 10.2. The molecule has 4 heterocycles. The Hall–Kier alpha value is -3.78. The van der Waals surface area contributed by atoms with E-state index in [0.29, 0.717) is 28.8 Å². The molecule has 0 aliphatic heterocycles. The third-order valence-electron chi connectivity index (χ3n) is 5.49. The number of para-hydroxylation sites is 1. The second-order valence-corrected chi connectivity index (χ2v) is 8.56. The lowest BCUT2D eigenvalue weighted by Gasteiger charge is -2.09. The van der Waals surface area contributed by atoms with E-state index in [9.17, 15) is 4.79 Å². The molecule has 0 amide bonds. The first-order valence-electron chi connectivity index (χ1n) is 10.5. The topological polar surface area (TPSA) is 79.0 Å². The van der Waals surface area contributed by atoms with Crippen LogP contribution in [-0.4, -0.2) is 30.9 Å². The van der Waals surface area contributed by atoms with E-state index >= 15 is 0 Å². The zero-order chi connectivity index (χ0) is 22.8. The first-order valence-corrected chi connectivity index (χ1v) is 11.5. The van der Waals surface area contributed by atoms with Gasteiger partial charge in [-0.1, -0.05) is 30.0 Å². The van der Waals surface area contributed by atoms with Crippen molar-refractivity contribution in [2.45, 2.75) is 25.5 Å². The van der Waals surface area contributed by atoms with E-state index in [1.54, 1.807) is 12.5 Å². The zero-order valence-electron chi connectivity index (χ0n) is 18.3. The Morgan fingerprint density at radius 3 is 2.48 bits per heavy atom. The Labute approximate surface area is 195 Å². The highest BCUT2D eigenvalue weighted by Gasteiger charge is 2.21. The second-order valence-electron chi connectivity index (χ2n) is 7.62. The van der Waals surface area contributed by atoms with E-state index in [1.807, 2.05) is 79.1 Å². The van der Waals surface area contributed by atoms with Gasteiger partial charge in [0.2, 0.25) is 5.82 Å². The summed E-state index contributed by atoms with van der Waals surface area (Å²) in [5, 5.41) is 9.32. The van der Waals surface area contributed by atoms with Gasteiger partial charge in [-0.25, -0.2) is 0 Å². The molecular formula is C25H22N4O3S. The maximum Gasteiger partial charge on any atom is 0.205 e. The summed E-state index contributed by atoms with van der Waals surface area (Å²) >= 11 is 1.36. The van der Waals surface area contributed by atoms with Crippen LogP contribution in [0, 0.1) is 13.8 Å². The largest absolute Gasteiger partial charge is 0.467 e. The van der Waals surface area contributed by atoms with Crippen molar-refractivity contribution < 1.29 is 13.6 Å². The summed E-state index contributed by atoms with van der Waals surface area (Å²) in [6.45, 7) is 4.57. The summed E-state index contributed by atoms with van der Waals surface area (Å²) in [4.78, 5) is 13.2. The van der Waals surface area contributed by atoms with E-state index in [0.717, 1.165) is 22.8 Å². The van der Waals surface area contributed by atoms with Crippen molar-refractivity contribution in [2.24, 2.45) is 0 Å². The molecule has 0 atom stereocenters. The van der Waals surface area contributed by atoms with Crippen LogP contribution in [0.2, 0.25) is 0 Å². The van der Waals surface area contributed by atoms with Crippen molar-refractivity contribution in [1.82, 2.24) is 19.3 Å². The minimum Gasteiger partial charge on any atom is -0.467 e. The van der Waals surface area contributed by atoms with E-state index in [4.69, 9.17) is 8.83 Å². The molecule has 0 unspecified atom stereocenters. The van der Waals surface area contributed by atoms with Gasteiger partial charge in [-0.05, 0) is 56.3 Å². The van der Waals surface area contributed by atoms with Gasteiger partial charge in [0.25, 0.3) is 0 Å². The number of hydrogen-bond donors (Lipinski definition) is 0. The number of aryl methyl sites for hydroxylation is 1. The number of carbonyl (C=O) groups is 1. The Balaban J connectivity index is 1.40. The van der Waals surface area contributed by atoms with Crippen molar-refractivity contribution in [1.29, 1.82) is 0 Å². The normalized spacial score (nSPS) is 11.2. The number of furan rings is 2. The molecule has 0 bridgehead atoms. The van der Waals surface area contributed by atoms with Crippen LogP contribution in [0.15, 0.2) is 87.2 Å². The molecule has 166 valence electrons. The van der Waals surface area contributed by atoms with Crippen molar-refractivity contribution in [3.8, 4) is 17.3 Å². The Morgan fingerprint density at radius 2 is 1.76 bits per heavy atom. The van der Waals surface area contributed by atoms with Crippen LogP contribution in [0.5, 0.6) is 0 Å². The van der Waals surface area contributed by atoms with Crippen molar-refractivity contribution in [3.05, 3.63) is 95.9 Å². The van der Waals surface area contributed by atoms with Gasteiger partial charge >= 0.3 is 0 Å². The Bertz CT molecular complexity index is 1370. The van der Waals surface area contributed by atoms with Crippen LogP contribution in [0.1, 0.15) is 27.5 Å². The van der Waals surface area contributed by atoms with E-state index in [2.05, 4.69) is 14.8 Å². The highest BCUT2D eigenvalue weighted by atomic mass is 32.2. The SMILES string of the molecule is Cc1cc(C(=O)CSc2nnc(-c3ccco3)n2-c2ccccc2)c(C)n1Cc1ccco1. The van der Waals surface area contributed by atoms with Crippen LogP contribution in [-0.2, 0) is 6.54 Å². The second kappa shape index (κ2) is 8.99. The van der Waals surface area contributed by atoms with Gasteiger partial charge in [0, 0.05) is 22.6 Å². The summed E-state index contributed by atoms with van der Waals surface area (Å²) in [6.07, 6.45) is 3.26. The van der Waals surface area contributed by atoms with Gasteiger partial charge in [-0.3, -0.25) is 9.36 Å². The predicted octanol–water partition coefficient (Wildman–Crippen LogP) is 5.56. The van der Waals surface area contributed by atoms with Crippen molar-refractivity contribution >= 4 is 17.5 Å². The molecule has 4 aromatic heterocycles. The Kier molecular flexibility index (Phi) is 5.75. The minimum absolute atomic E-state index is 0.0426. The average Bonchev–Trinajstić information content (AvgIpc) is 3.63. The molecule has 0 radical (unpaired) electrons. The smallest absolute Gasteiger partial charge is 0.205 e. The van der Waals surface area contributed by atoms with Crippen LogP contribution >= 0.6 is 11.8 Å². The first kappa shape index (κ1) is 21.1. The lowest BCUT2D eigenvalue weighted by Crippen LogP contribution is -2.08. The van der Waals surface area contributed by atoms with Gasteiger partial charge in [-0.2, -0.15) is 0 Å². The lowest BCUT2D eigenvalue weighted by molar-refractivity contribution is 0.102. The maximum absolute atomic E-state index is 13.2. The van der Waals surface area contributed by atoms with Crippen LogP contribution in [0.4, 0.5) is 0 Å². The average molecular weight is 459 g/mol. The molecule has 8 heteroatoms. The van der Waals surface area contributed by atoms with E-state index in [1.165, 1.54) is 11.8 Å². The molecule has 0 saturated carbocycles. The number of carbonyl (C=O) groups excluding carboxylic acids is 1. The number of hydrogen-bond acceptors (Lipinski definition) is 6. The van der Waals surface area contributed by atoms with Gasteiger partial charge in [0.1, 0.15) is 5.76 Å². The summed E-state index contributed by atoms with van der Waals surface area (Å²) in [5.74, 6) is 2.35. The summed E-state index contributed by atoms with van der Waals surface area (Å²) in [5.41, 5.74) is 3.56. The Morgan fingerprint density at radius 1 is 0.970 bits per heavy atom. The molecule has 0 spiro atoms. The third kappa shape index (κ3) is 4.17. The van der Waals surface area contributed by atoms with Gasteiger partial charge in [0.15, 0.2) is 16.7 Å². The van der Waals surface area contributed by atoms with Crippen molar-refractivity contribution in [3.63, 3.8) is 0 Å². The molecule has 0 aliphatic rings. The molecular weight excluding hydrogens is 436 g/mol. The number of benzene rings is 1. The number of Topliss-reactive ketones (excluding diaryl/α,β-unsaturated/α-hetero) is 1. The summed E-state index contributed by atoms with van der Waals surface area (Å²) in [7, 11) is 0. The number of nitrogens with zero attached hydrogens (tertiary/aromatic N) is 4. The highest BCUT2D eigenvalue weighted by Crippen LogP contribution is 2.29. The number of ketones is 1. The predicted molar refractivity (Wildman–Crippen MR) is 126 cm³/mol. The third-order valence-corrected chi connectivity index (χ3v) is 6.42. The van der Waals surface area contributed by atoms with Gasteiger partial charge < -0.3 is 13.4 Å². The molecule has 5 rings (SSSR count). The van der Waals surface area contributed by atoms with Crippen LogP contribution < -0.4 is 0 Å². The van der Waals surface area contributed by atoms with Gasteiger partial charge in [0.05, 0.1) is 24.8 Å². The number of thioether (sulfide) groups is 1. The standard InChI is InChI=1S/C25H22N4O3S/c1-17-14-21(18(2)28(17)15-20-10-6-12-31-20)22(30)16-33-25-27-26-24(23-11-7-13-32-23)29(25)19-8-4-3-5-9-19/h3-14H,15-16H2,1-2H3. The van der Waals surface area contributed by atoms with Crippen LogP contribution in [0.25, 0.3) is 17.3 Å². The molecule has 5 aromatic rings. The minimum atomic E-state index is 0.0426. The fraction of sp³-hybridized carbons (Fsp3) is 0.160. The van der Waals surface area contributed by atoms with Crippen LogP contribution in [0.3, 0.4) is 0 Å². The zero-order valence-corrected chi connectivity index (χ0v) is 19.1. The molecule has 1 aromatic carbocycles. The molecule has 0 N–H and O–H groups in total. The number of rotatable bonds is 8. The maximum atomic E-state index is 13.2. The molecule has 33 heavy (non-hydrogen) atoms. The fourth-order valence-electron chi connectivity index (χ4n) is 3.83. The van der Waals surface area contributed by atoms with E-state index < -0.39 is 0 Å². The van der Waals surface area contributed by atoms with E-state index in [-0.39, 0.29) is 11.5 Å². The molecule has 0 saturated heterocycles. The summed E-state index contributed by atoms with van der Waals surface area (Å²) in [6, 6.07) is 19.2. The van der Waals surface area contributed by atoms with Crippen molar-refractivity contribution in [2.75, 3.05) is 5.75 Å². The molecule has 7 nitrogen and oxygen atoms in total.